The summed E-state index contributed by atoms with van der Waals surface area (Å²) in [7, 11) is 0. The molecule has 2 aromatic carbocycles. The Morgan fingerprint density at radius 1 is 1.03 bits per heavy atom. The van der Waals surface area contributed by atoms with E-state index in [2.05, 4.69) is 10.3 Å². The zero-order valence-electron chi connectivity index (χ0n) is 20.8. The van der Waals surface area contributed by atoms with Crippen molar-refractivity contribution < 1.29 is 19.2 Å². The number of aromatic nitrogens is 1. The first kappa shape index (κ1) is 25.8. The molecule has 2 amide bonds. The quantitative estimate of drug-likeness (QED) is 0.303. The molecule has 4 rings (SSSR count). The molecule has 1 aliphatic carbocycles. The lowest BCUT2D eigenvalue weighted by atomic mass is 9.71. The Kier molecular flexibility index (Phi) is 8.31. The smallest absolute Gasteiger partial charge is 0.247 e. The summed E-state index contributed by atoms with van der Waals surface area (Å²) in [5.41, 5.74) is 5.45. The molecule has 3 aromatic rings. The van der Waals surface area contributed by atoms with Crippen LogP contribution in [0.5, 0.6) is 0 Å². The average Bonchev–Trinajstić information content (AvgIpc) is 2.87. The molecule has 1 unspecified atom stereocenters. The fourth-order valence-electron chi connectivity index (χ4n) is 5.47. The number of amides is 2. The first-order valence-corrected chi connectivity index (χ1v) is 12.7. The number of nitrogens with zero attached hydrogens (tertiary/aromatic N) is 1. The van der Waals surface area contributed by atoms with Gasteiger partial charge in [-0.2, -0.15) is 0 Å². The number of halogens is 1. The van der Waals surface area contributed by atoms with Crippen LogP contribution in [0.15, 0.2) is 54.7 Å². The molecule has 1 saturated carbocycles. The molecule has 1 heterocycles. The van der Waals surface area contributed by atoms with Gasteiger partial charge < -0.3 is 5.32 Å². The van der Waals surface area contributed by atoms with Crippen molar-refractivity contribution >= 4 is 22.7 Å². The van der Waals surface area contributed by atoms with Crippen molar-refractivity contribution in [3.8, 4) is 0 Å². The van der Waals surface area contributed by atoms with Crippen molar-refractivity contribution in [1.82, 2.24) is 15.8 Å². The molecular formula is C29H34FN3O3. The van der Waals surface area contributed by atoms with Crippen molar-refractivity contribution in [2.45, 2.75) is 64.3 Å². The number of hydrogen-bond acceptors (Lipinski definition) is 4. The van der Waals surface area contributed by atoms with Crippen LogP contribution in [0.25, 0.3) is 10.9 Å². The minimum absolute atomic E-state index is 0.0637. The van der Waals surface area contributed by atoms with Gasteiger partial charge in [-0.1, -0.05) is 24.3 Å². The lowest BCUT2D eigenvalue weighted by Crippen LogP contribution is -2.40. The first-order valence-electron chi connectivity index (χ1n) is 12.7. The second-order valence-corrected chi connectivity index (χ2v) is 10.2. The average molecular weight is 492 g/mol. The molecule has 0 aliphatic heterocycles. The van der Waals surface area contributed by atoms with E-state index in [1.165, 1.54) is 6.07 Å². The van der Waals surface area contributed by atoms with E-state index in [0.717, 1.165) is 53.3 Å². The molecule has 190 valence electrons. The van der Waals surface area contributed by atoms with E-state index in [4.69, 9.17) is 5.21 Å². The molecule has 6 nitrogen and oxygen atoms in total. The van der Waals surface area contributed by atoms with Gasteiger partial charge in [0.2, 0.25) is 11.8 Å². The Labute approximate surface area is 211 Å². The van der Waals surface area contributed by atoms with Crippen LogP contribution in [0.4, 0.5) is 4.39 Å². The summed E-state index contributed by atoms with van der Waals surface area (Å²) in [5, 5.41) is 12.7. The fraction of sp³-hybridized carbons (Fsp3) is 0.414. The van der Waals surface area contributed by atoms with Gasteiger partial charge in [-0.05, 0) is 98.7 Å². The molecule has 7 heteroatoms. The monoisotopic (exact) mass is 491 g/mol. The van der Waals surface area contributed by atoms with Gasteiger partial charge in [0.05, 0.1) is 11.9 Å². The Morgan fingerprint density at radius 3 is 2.39 bits per heavy atom. The Morgan fingerprint density at radius 2 is 1.72 bits per heavy atom. The van der Waals surface area contributed by atoms with Gasteiger partial charge in [0.25, 0.3) is 0 Å². The van der Waals surface area contributed by atoms with Crippen LogP contribution < -0.4 is 10.8 Å². The molecule has 1 aromatic heterocycles. The summed E-state index contributed by atoms with van der Waals surface area (Å²) in [6.45, 7) is 3.95. The molecular weight excluding hydrogens is 457 g/mol. The highest BCUT2D eigenvalue weighted by molar-refractivity contribution is 5.82. The van der Waals surface area contributed by atoms with Crippen molar-refractivity contribution in [3.63, 3.8) is 0 Å². The molecule has 0 saturated heterocycles. The van der Waals surface area contributed by atoms with Gasteiger partial charge in [-0.15, -0.1) is 0 Å². The lowest BCUT2D eigenvalue weighted by Gasteiger charge is -2.34. The maximum absolute atomic E-state index is 14.0. The highest BCUT2D eigenvalue weighted by Crippen LogP contribution is 2.41. The number of hydrogen-bond donors (Lipinski definition) is 3. The summed E-state index contributed by atoms with van der Waals surface area (Å²) in [6, 6.07) is 14.5. The second-order valence-electron chi connectivity index (χ2n) is 10.2. The number of hydroxylamine groups is 1. The number of benzene rings is 2. The lowest BCUT2D eigenvalue weighted by molar-refractivity contribution is -0.128. The Bertz CT molecular complexity index is 1200. The highest BCUT2D eigenvalue weighted by Gasteiger charge is 2.33. The van der Waals surface area contributed by atoms with Crippen LogP contribution in [-0.4, -0.2) is 28.0 Å². The molecule has 1 fully saturated rings. The largest absolute Gasteiger partial charge is 0.354 e. The maximum atomic E-state index is 14.0. The highest BCUT2D eigenvalue weighted by atomic mass is 19.1. The van der Waals surface area contributed by atoms with E-state index in [-0.39, 0.29) is 36.0 Å². The van der Waals surface area contributed by atoms with Crippen LogP contribution in [0.3, 0.4) is 0 Å². The van der Waals surface area contributed by atoms with E-state index >= 15 is 0 Å². The molecule has 1 atom stereocenters. The summed E-state index contributed by atoms with van der Waals surface area (Å²) < 4.78 is 14.0. The third-order valence-electron chi connectivity index (χ3n) is 7.25. The van der Waals surface area contributed by atoms with Gasteiger partial charge in [0.15, 0.2) is 0 Å². The van der Waals surface area contributed by atoms with E-state index in [0.29, 0.717) is 12.3 Å². The third-order valence-corrected chi connectivity index (χ3v) is 7.25. The van der Waals surface area contributed by atoms with Crippen LogP contribution in [-0.2, 0) is 22.4 Å². The molecule has 0 radical (unpaired) electrons. The zero-order chi connectivity index (χ0) is 25.7. The predicted molar refractivity (Wildman–Crippen MR) is 137 cm³/mol. The normalized spacial score (nSPS) is 18.7. The van der Waals surface area contributed by atoms with Crippen LogP contribution >= 0.6 is 0 Å². The SMILES string of the molecule is CC(C)NC(=O)C(Cc1ccc(CC(=O)NO)cc1)C1CCC(c2ccnc3ccc(F)cc23)CC1. The van der Waals surface area contributed by atoms with Gasteiger partial charge >= 0.3 is 0 Å². The topological polar surface area (TPSA) is 91.3 Å². The maximum Gasteiger partial charge on any atom is 0.247 e. The van der Waals surface area contributed by atoms with Gasteiger partial charge in [-0.25, -0.2) is 9.87 Å². The standard InChI is InChI=1S/C29H34FN3O3/c1-18(2)32-29(35)25(15-19-3-5-20(6-4-19)16-28(34)33-36)22-9-7-21(8-10-22)24-13-14-31-27-12-11-23(30)17-26(24)27/h3-6,11-14,17-18,21-22,25,36H,7-10,15-16H2,1-2H3,(H,32,35)(H,33,34). The molecule has 3 N–H and O–H groups in total. The van der Waals surface area contributed by atoms with Gasteiger partial charge in [0.1, 0.15) is 5.82 Å². The number of rotatable bonds is 8. The minimum Gasteiger partial charge on any atom is -0.354 e. The molecule has 1 aliphatic rings. The van der Waals surface area contributed by atoms with Gasteiger partial charge in [-0.3, -0.25) is 19.8 Å². The first-order chi connectivity index (χ1) is 17.3. The number of pyridine rings is 1. The number of nitrogens with one attached hydrogen (secondary N) is 2. The van der Waals surface area contributed by atoms with Crippen LogP contribution in [0.1, 0.15) is 62.1 Å². The number of carbonyl (C=O) groups excluding carboxylic acids is 2. The number of fused-ring (bicyclic) bond motifs is 1. The summed E-state index contributed by atoms with van der Waals surface area (Å²) >= 11 is 0. The minimum atomic E-state index is -0.460. The molecule has 0 spiro atoms. The van der Waals surface area contributed by atoms with E-state index in [9.17, 15) is 14.0 Å². The Balaban J connectivity index is 1.48. The van der Waals surface area contributed by atoms with Crippen molar-refractivity contribution in [2.75, 3.05) is 0 Å². The predicted octanol–water partition coefficient (Wildman–Crippen LogP) is 5.08. The van der Waals surface area contributed by atoms with Crippen molar-refractivity contribution in [3.05, 3.63) is 77.2 Å². The molecule has 36 heavy (non-hydrogen) atoms. The van der Waals surface area contributed by atoms with E-state index in [1.807, 2.05) is 44.2 Å². The summed E-state index contributed by atoms with van der Waals surface area (Å²) in [6.07, 6.45) is 6.27. The molecule has 0 bridgehead atoms. The van der Waals surface area contributed by atoms with Crippen LogP contribution in [0, 0.1) is 17.7 Å². The zero-order valence-corrected chi connectivity index (χ0v) is 20.8. The number of carbonyl (C=O) groups is 2. The second kappa shape index (κ2) is 11.6. The van der Waals surface area contributed by atoms with Gasteiger partial charge in [0, 0.05) is 23.5 Å². The summed E-state index contributed by atoms with van der Waals surface area (Å²) in [5.74, 6) is -0.207. The third kappa shape index (κ3) is 6.26. The van der Waals surface area contributed by atoms with E-state index < -0.39 is 5.91 Å². The van der Waals surface area contributed by atoms with Crippen molar-refractivity contribution in [2.24, 2.45) is 11.8 Å². The van der Waals surface area contributed by atoms with E-state index in [1.54, 1.807) is 23.8 Å². The van der Waals surface area contributed by atoms with Crippen LogP contribution in [0.2, 0.25) is 0 Å². The van der Waals surface area contributed by atoms with Crippen molar-refractivity contribution in [1.29, 1.82) is 0 Å². The Hall–Kier alpha value is -3.32. The summed E-state index contributed by atoms with van der Waals surface area (Å²) in [4.78, 5) is 29.0. The fourth-order valence-corrected chi connectivity index (χ4v) is 5.47.